The molecule has 6 heteroatoms. The maximum atomic E-state index is 10.5. The van der Waals surface area contributed by atoms with Crippen LogP contribution in [0.15, 0.2) is 79.0 Å². The first-order valence-electron chi connectivity index (χ1n) is 12.1. The average molecular weight is 475 g/mol. The second kappa shape index (κ2) is 12.3. The van der Waals surface area contributed by atoms with E-state index in [-0.39, 0.29) is 12.7 Å². The highest BCUT2D eigenvalue weighted by molar-refractivity contribution is 5.86. The van der Waals surface area contributed by atoms with E-state index in [2.05, 4.69) is 40.6 Å². The van der Waals surface area contributed by atoms with Gasteiger partial charge in [-0.15, -0.1) is 0 Å². The molecule has 0 amide bonds. The van der Waals surface area contributed by atoms with Crippen molar-refractivity contribution in [2.24, 2.45) is 0 Å². The Balaban J connectivity index is 1.31. The summed E-state index contributed by atoms with van der Waals surface area (Å²) in [7, 11) is 1.64. The fourth-order valence-electron chi connectivity index (χ4n) is 4.12. The predicted molar refractivity (Wildman–Crippen MR) is 140 cm³/mol. The number of aromatic amines is 1. The molecule has 6 nitrogen and oxygen atoms in total. The molecule has 2 atom stereocenters. The van der Waals surface area contributed by atoms with E-state index in [9.17, 15) is 5.11 Å². The van der Waals surface area contributed by atoms with Crippen molar-refractivity contribution >= 4 is 10.9 Å². The first kappa shape index (κ1) is 24.6. The van der Waals surface area contributed by atoms with Crippen LogP contribution in [0.5, 0.6) is 17.2 Å². The number of hydrogen-bond acceptors (Lipinski definition) is 5. The van der Waals surface area contributed by atoms with Crippen molar-refractivity contribution in [3.8, 4) is 17.2 Å². The number of nitrogens with one attached hydrogen (secondary N) is 2. The molecule has 0 aliphatic carbocycles. The second-order valence-corrected chi connectivity index (χ2v) is 8.74. The van der Waals surface area contributed by atoms with Crippen molar-refractivity contribution in [2.75, 3.05) is 26.8 Å². The van der Waals surface area contributed by atoms with Crippen molar-refractivity contribution in [3.63, 3.8) is 0 Å². The number of fused-ring (bicyclic) bond motifs is 1. The quantitative estimate of drug-likeness (QED) is 0.257. The Labute approximate surface area is 206 Å². The molecule has 0 bridgehead atoms. The van der Waals surface area contributed by atoms with Crippen LogP contribution in [0.4, 0.5) is 0 Å². The van der Waals surface area contributed by atoms with Gasteiger partial charge in [-0.25, -0.2) is 0 Å². The van der Waals surface area contributed by atoms with E-state index in [1.807, 2.05) is 55.6 Å². The van der Waals surface area contributed by atoms with Gasteiger partial charge >= 0.3 is 0 Å². The maximum Gasteiger partial charge on any atom is 0.161 e. The van der Waals surface area contributed by atoms with Crippen LogP contribution >= 0.6 is 0 Å². The zero-order chi connectivity index (χ0) is 24.5. The van der Waals surface area contributed by atoms with Gasteiger partial charge in [-0.2, -0.15) is 0 Å². The number of para-hydroxylation sites is 2. The van der Waals surface area contributed by atoms with Crippen LogP contribution < -0.4 is 19.5 Å². The molecule has 3 N–H and O–H groups in total. The molecule has 0 saturated heterocycles. The highest BCUT2D eigenvalue weighted by Crippen LogP contribution is 2.28. The first-order valence-corrected chi connectivity index (χ1v) is 12.1. The number of ether oxygens (including phenoxy) is 3. The van der Waals surface area contributed by atoms with E-state index in [4.69, 9.17) is 14.2 Å². The van der Waals surface area contributed by atoms with Gasteiger partial charge in [-0.05, 0) is 61.2 Å². The van der Waals surface area contributed by atoms with Crippen LogP contribution in [0.2, 0.25) is 0 Å². The molecule has 3 aromatic carbocycles. The smallest absolute Gasteiger partial charge is 0.161 e. The Kier molecular flexibility index (Phi) is 8.65. The summed E-state index contributed by atoms with van der Waals surface area (Å²) < 4.78 is 17.7. The number of methoxy groups -OCH3 is 1. The normalized spacial score (nSPS) is 12.9. The lowest BCUT2D eigenvalue weighted by atomic mass is 10.1. The van der Waals surface area contributed by atoms with Crippen LogP contribution in [0.3, 0.4) is 0 Å². The average Bonchev–Trinajstić information content (AvgIpc) is 3.35. The number of hydrogen-bond donors (Lipinski definition) is 3. The van der Waals surface area contributed by atoms with E-state index >= 15 is 0 Å². The van der Waals surface area contributed by atoms with Gasteiger partial charge in [0.25, 0.3) is 0 Å². The monoisotopic (exact) mass is 474 g/mol. The Morgan fingerprint density at radius 1 is 0.914 bits per heavy atom. The van der Waals surface area contributed by atoms with Crippen LogP contribution in [-0.4, -0.2) is 49.1 Å². The van der Waals surface area contributed by atoms with Crippen LogP contribution in [-0.2, 0) is 6.42 Å². The van der Waals surface area contributed by atoms with Crippen molar-refractivity contribution in [2.45, 2.75) is 32.0 Å². The third-order valence-electron chi connectivity index (χ3n) is 5.92. The minimum atomic E-state index is -0.648. The van der Waals surface area contributed by atoms with Gasteiger partial charge in [-0.1, -0.05) is 42.5 Å². The molecule has 0 aliphatic rings. The van der Waals surface area contributed by atoms with Crippen LogP contribution in [0.25, 0.3) is 10.9 Å². The Morgan fingerprint density at radius 2 is 1.69 bits per heavy atom. The van der Waals surface area contributed by atoms with E-state index < -0.39 is 6.10 Å². The topological polar surface area (TPSA) is 75.7 Å². The highest BCUT2D eigenvalue weighted by Gasteiger charge is 2.15. The van der Waals surface area contributed by atoms with Gasteiger partial charge in [0.05, 0.1) is 7.11 Å². The summed E-state index contributed by atoms with van der Waals surface area (Å²) in [6, 6.07) is 24.1. The summed E-state index contributed by atoms with van der Waals surface area (Å²) >= 11 is 0. The number of aliphatic hydroxyl groups excluding tert-OH is 1. The summed E-state index contributed by atoms with van der Waals surface area (Å²) in [5, 5.41) is 14.9. The molecule has 1 heterocycles. The summed E-state index contributed by atoms with van der Waals surface area (Å²) in [5.41, 5.74) is 3.41. The number of rotatable bonds is 13. The maximum absolute atomic E-state index is 10.5. The van der Waals surface area contributed by atoms with Crippen LogP contribution in [0.1, 0.15) is 17.5 Å². The fourth-order valence-corrected chi connectivity index (χ4v) is 4.12. The highest BCUT2D eigenvalue weighted by atomic mass is 16.5. The summed E-state index contributed by atoms with van der Waals surface area (Å²) in [6.07, 6.45) is 2.89. The molecule has 0 saturated carbocycles. The SMILES string of the molecule is COc1ccccc1OC(CCc1ccccc1)CNCC(O)COc1cc(C)cc2[nH]ccc12. The third kappa shape index (κ3) is 7.01. The number of aromatic nitrogens is 1. The van der Waals surface area contributed by atoms with E-state index in [1.165, 1.54) is 5.56 Å². The first-order chi connectivity index (χ1) is 17.1. The lowest BCUT2D eigenvalue weighted by Gasteiger charge is -2.22. The molecule has 35 heavy (non-hydrogen) atoms. The summed E-state index contributed by atoms with van der Waals surface area (Å²) in [5.74, 6) is 2.20. The molecular formula is C29H34N2O4. The molecule has 2 unspecified atom stereocenters. The van der Waals surface area contributed by atoms with Crippen molar-refractivity contribution < 1.29 is 19.3 Å². The molecule has 4 rings (SSSR count). The van der Waals surface area contributed by atoms with Gasteiger partial charge in [-0.3, -0.25) is 0 Å². The molecule has 4 aromatic rings. The Morgan fingerprint density at radius 3 is 2.49 bits per heavy atom. The molecule has 184 valence electrons. The van der Waals surface area contributed by atoms with Gasteiger partial charge in [0.2, 0.25) is 0 Å². The van der Waals surface area contributed by atoms with Crippen molar-refractivity contribution in [3.05, 3.63) is 90.1 Å². The third-order valence-corrected chi connectivity index (χ3v) is 5.92. The fraction of sp³-hybridized carbons (Fsp3) is 0.310. The second-order valence-electron chi connectivity index (χ2n) is 8.74. The Hall–Kier alpha value is -3.48. The van der Waals surface area contributed by atoms with Gasteiger partial charge < -0.3 is 29.6 Å². The van der Waals surface area contributed by atoms with E-state index in [0.717, 1.165) is 35.1 Å². The van der Waals surface area contributed by atoms with E-state index in [1.54, 1.807) is 7.11 Å². The van der Waals surface area contributed by atoms with Gasteiger partial charge in [0.1, 0.15) is 24.6 Å². The number of benzene rings is 3. The standard InChI is InChI=1S/C29H34N2O4/c1-21-16-26-25(14-15-31-26)29(17-21)34-20-23(32)18-30-19-24(13-12-22-8-4-3-5-9-22)35-28-11-7-6-10-27(28)33-2/h3-11,14-17,23-24,30-32H,12-13,18-20H2,1-2H3. The van der Waals surface area contributed by atoms with Crippen molar-refractivity contribution in [1.82, 2.24) is 10.3 Å². The van der Waals surface area contributed by atoms with Gasteiger partial charge in [0.15, 0.2) is 11.5 Å². The lowest BCUT2D eigenvalue weighted by molar-refractivity contribution is 0.101. The Bertz CT molecular complexity index is 1190. The zero-order valence-electron chi connectivity index (χ0n) is 20.4. The van der Waals surface area contributed by atoms with E-state index in [0.29, 0.717) is 24.6 Å². The molecule has 0 spiro atoms. The zero-order valence-corrected chi connectivity index (χ0v) is 20.4. The lowest BCUT2D eigenvalue weighted by Crippen LogP contribution is -2.38. The number of aliphatic hydroxyl groups is 1. The largest absolute Gasteiger partial charge is 0.493 e. The summed E-state index contributed by atoms with van der Waals surface area (Å²) in [4.78, 5) is 3.21. The van der Waals surface area contributed by atoms with Crippen molar-refractivity contribution in [1.29, 1.82) is 0 Å². The number of aryl methyl sites for hydroxylation is 2. The van der Waals surface area contributed by atoms with Crippen LogP contribution in [0, 0.1) is 6.92 Å². The molecule has 1 aromatic heterocycles. The molecular weight excluding hydrogens is 440 g/mol. The van der Waals surface area contributed by atoms with Gasteiger partial charge in [0, 0.05) is 30.2 Å². The predicted octanol–water partition coefficient (Wildman–Crippen LogP) is 4.89. The number of H-pyrrole nitrogens is 1. The summed E-state index contributed by atoms with van der Waals surface area (Å²) in [6.45, 7) is 3.23. The minimum absolute atomic E-state index is 0.0871. The molecule has 0 radical (unpaired) electrons. The molecule has 0 aliphatic heterocycles. The minimum Gasteiger partial charge on any atom is -0.493 e. The molecule has 0 fully saturated rings.